The molecule has 0 aromatic carbocycles. The highest BCUT2D eigenvalue weighted by molar-refractivity contribution is 7.50. The molecule has 0 aliphatic carbocycles. The van der Waals surface area contributed by atoms with Crippen LogP contribution in [0.5, 0.6) is 0 Å². The van der Waals surface area contributed by atoms with Gasteiger partial charge in [0.15, 0.2) is 0 Å². The van der Waals surface area contributed by atoms with Crippen molar-refractivity contribution in [2.24, 2.45) is 0 Å². The van der Waals surface area contributed by atoms with Crippen molar-refractivity contribution in [1.29, 1.82) is 0 Å². The summed E-state index contributed by atoms with van der Waals surface area (Å²) in [5.41, 5.74) is 0.345. The Labute approximate surface area is 82.6 Å². The summed E-state index contributed by atoms with van der Waals surface area (Å²) in [6.45, 7) is -0.0157. The summed E-state index contributed by atoms with van der Waals surface area (Å²) in [6.07, 6.45) is 0. The lowest BCUT2D eigenvalue weighted by atomic mass is 10.2. The third-order valence-corrected chi connectivity index (χ3v) is 4.46. The maximum Gasteiger partial charge on any atom is 0.652 e. The summed E-state index contributed by atoms with van der Waals surface area (Å²) in [7, 11) is -6.72. The Kier molecular flexibility index (Phi) is 1.10. The van der Waals surface area contributed by atoms with E-state index in [1.807, 2.05) is 0 Å². The second kappa shape index (κ2) is 2.04. The van der Waals surface area contributed by atoms with Gasteiger partial charge in [-0.05, 0) is 0 Å². The van der Waals surface area contributed by atoms with E-state index in [9.17, 15) is 9.13 Å². The molecule has 0 spiro atoms. The lowest BCUT2D eigenvalue weighted by molar-refractivity contribution is 0.0126. The quantitative estimate of drug-likeness (QED) is 0.651. The van der Waals surface area contributed by atoms with Crippen molar-refractivity contribution in [3.8, 4) is 0 Å². The Hall–Kier alpha value is -1.10. The highest BCUT2D eigenvalue weighted by atomic mass is 31.2. The first-order valence-electron chi connectivity index (χ1n) is 3.87. The number of hydrogen-bond donors (Lipinski definition) is 0. The van der Waals surface area contributed by atoms with Crippen LogP contribution in [0, 0.1) is 0 Å². The van der Waals surface area contributed by atoms with Crippen LogP contribution in [0.3, 0.4) is 0 Å². The molecule has 0 atom stereocenters. The Balaban J connectivity index is 1.77. The van der Waals surface area contributed by atoms with E-state index in [0.29, 0.717) is 5.57 Å². The van der Waals surface area contributed by atoms with E-state index >= 15 is 0 Å². The number of rotatable bonds is 1. The molecule has 8 nitrogen and oxygen atoms in total. The first-order valence-corrected chi connectivity index (χ1v) is 6.79. The molecule has 0 unspecified atom stereocenters. The Bertz CT molecular complexity index is 519. The summed E-state index contributed by atoms with van der Waals surface area (Å²) in [4.78, 5) is 0. The molecule has 6 aliphatic heterocycles. The molecule has 0 aromatic rings. The van der Waals surface area contributed by atoms with Crippen molar-refractivity contribution < 1.29 is 36.3 Å². The first kappa shape index (κ1) is 8.10. The third kappa shape index (κ3) is 0.873. The van der Waals surface area contributed by atoms with Gasteiger partial charge in [0, 0.05) is 0 Å². The fourth-order valence-electron chi connectivity index (χ4n) is 1.39. The summed E-state index contributed by atoms with van der Waals surface area (Å²) in [6, 6.07) is 0. The normalized spacial score (nSPS) is 31.2. The SMILES string of the molecule is O=P12OCC(C3=C4OP(=O)(O4)O3)=C(O1)O2. The summed E-state index contributed by atoms with van der Waals surface area (Å²) >= 11 is 0. The highest BCUT2D eigenvalue weighted by Crippen LogP contribution is 2.73. The van der Waals surface area contributed by atoms with Crippen LogP contribution in [0.1, 0.15) is 0 Å². The molecule has 4 bridgehead atoms. The minimum absolute atomic E-state index is 0.0141. The molecule has 10 heteroatoms. The summed E-state index contributed by atoms with van der Waals surface area (Å²) in [5, 5.41) is 0. The van der Waals surface area contributed by atoms with Gasteiger partial charge in [-0.1, -0.05) is 0 Å². The van der Waals surface area contributed by atoms with Gasteiger partial charge in [0.2, 0.25) is 5.76 Å². The van der Waals surface area contributed by atoms with Gasteiger partial charge in [0.1, 0.15) is 5.57 Å². The largest absolute Gasteiger partial charge is 0.652 e. The molecular weight excluding hydrogens is 250 g/mol. The van der Waals surface area contributed by atoms with Gasteiger partial charge in [-0.15, -0.1) is 0 Å². The lowest BCUT2D eigenvalue weighted by Crippen LogP contribution is -2.23. The molecule has 15 heavy (non-hydrogen) atoms. The fourth-order valence-corrected chi connectivity index (χ4v) is 3.49. The van der Waals surface area contributed by atoms with E-state index in [-0.39, 0.29) is 24.3 Å². The Morgan fingerprint density at radius 1 is 0.867 bits per heavy atom. The van der Waals surface area contributed by atoms with Crippen LogP contribution in [0.2, 0.25) is 0 Å². The Morgan fingerprint density at radius 2 is 1.53 bits per heavy atom. The average Bonchev–Trinajstić information content (AvgIpc) is 2.56. The van der Waals surface area contributed by atoms with Crippen molar-refractivity contribution in [1.82, 2.24) is 0 Å². The van der Waals surface area contributed by atoms with Gasteiger partial charge < -0.3 is 22.6 Å². The molecule has 2 saturated heterocycles. The third-order valence-electron chi connectivity index (χ3n) is 2.05. The van der Waals surface area contributed by atoms with Crippen LogP contribution in [0.15, 0.2) is 23.2 Å². The van der Waals surface area contributed by atoms with Crippen molar-refractivity contribution in [2.45, 2.75) is 0 Å². The van der Waals surface area contributed by atoms with E-state index in [1.54, 1.807) is 0 Å². The molecule has 6 rings (SSSR count). The standard InChI is InChI=1S/C5H2O8P2/c6-14-8-1-2(4(10-14)11-14)3-5-12-15(7,9-3)13-5/h1H2. The van der Waals surface area contributed by atoms with E-state index in [4.69, 9.17) is 27.1 Å². The zero-order valence-electron chi connectivity index (χ0n) is 6.87. The summed E-state index contributed by atoms with van der Waals surface area (Å²) < 4.78 is 51.0. The molecule has 6 aliphatic rings. The van der Waals surface area contributed by atoms with Crippen LogP contribution in [-0.2, 0) is 36.3 Å². The first-order chi connectivity index (χ1) is 7.07. The molecule has 2 fully saturated rings. The molecule has 0 N–H and O–H groups in total. The fraction of sp³-hybridized carbons (Fsp3) is 0.200. The molecule has 0 aromatic heterocycles. The van der Waals surface area contributed by atoms with E-state index < -0.39 is 15.6 Å². The number of fused-ring (bicyclic) bond motifs is 4. The molecule has 80 valence electrons. The van der Waals surface area contributed by atoms with Gasteiger partial charge in [-0.3, -0.25) is 4.52 Å². The van der Waals surface area contributed by atoms with Crippen molar-refractivity contribution in [2.75, 3.05) is 6.61 Å². The topological polar surface area (TPSA) is 89.5 Å². The smallest absolute Gasteiger partial charge is 0.377 e. The average molecular weight is 252 g/mol. The predicted molar refractivity (Wildman–Crippen MR) is 40.6 cm³/mol. The predicted octanol–water partition coefficient (Wildman–Crippen LogP) is 1.74. The molecule has 0 radical (unpaired) electrons. The zero-order chi connectivity index (χ0) is 10.3. The minimum Gasteiger partial charge on any atom is -0.377 e. The monoisotopic (exact) mass is 252 g/mol. The number of hydrogen-bond acceptors (Lipinski definition) is 8. The van der Waals surface area contributed by atoms with Gasteiger partial charge in [0.05, 0.1) is 6.61 Å². The summed E-state index contributed by atoms with van der Waals surface area (Å²) in [5.74, 6) is 0.180. The second-order valence-corrected chi connectivity index (χ2v) is 5.97. The zero-order valence-corrected chi connectivity index (χ0v) is 8.66. The van der Waals surface area contributed by atoms with Gasteiger partial charge in [-0.25, -0.2) is 4.57 Å². The van der Waals surface area contributed by atoms with E-state index in [1.165, 1.54) is 0 Å². The lowest BCUT2D eigenvalue weighted by Gasteiger charge is -2.33. The van der Waals surface area contributed by atoms with Crippen LogP contribution in [0.4, 0.5) is 0 Å². The van der Waals surface area contributed by atoms with Crippen molar-refractivity contribution in [3.63, 3.8) is 0 Å². The van der Waals surface area contributed by atoms with Crippen molar-refractivity contribution >= 4 is 15.6 Å². The van der Waals surface area contributed by atoms with Gasteiger partial charge in [-0.2, -0.15) is 4.57 Å². The second-order valence-electron chi connectivity index (χ2n) is 3.01. The molecular formula is C5H2O8P2. The number of phosphoric ester groups is 2. The van der Waals surface area contributed by atoms with Gasteiger partial charge in [0.25, 0.3) is 0 Å². The van der Waals surface area contributed by atoms with Crippen LogP contribution < -0.4 is 0 Å². The maximum atomic E-state index is 11.2. The highest BCUT2D eigenvalue weighted by Gasteiger charge is 2.60. The van der Waals surface area contributed by atoms with Crippen LogP contribution in [-0.4, -0.2) is 6.61 Å². The molecule has 0 saturated carbocycles. The molecule has 6 heterocycles. The van der Waals surface area contributed by atoms with Gasteiger partial charge >= 0.3 is 27.5 Å². The van der Waals surface area contributed by atoms with E-state index in [0.717, 1.165) is 0 Å². The van der Waals surface area contributed by atoms with E-state index in [2.05, 4.69) is 0 Å². The van der Waals surface area contributed by atoms with Crippen LogP contribution in [0.25, 0.3) is 0 Å². The maximum absolute atomic E-state index is 11.2. The Morgan fingerprint density at radius 3 is 2.00 bits per heavy atom. The number of phosphoric acid groups is 2. The minimum atomic E-state index is -3.39. The molecule has 0 amide bonds. The van der Waals surface area contributed by atoms with Crippen molar-refractivity contribution in [3.05, 3.63) is 23.2 Å². The van der Waals surface area contributed by atoms with Crippen LogP contribution >= 0.6 is 15.6 Å².